The van der Waals surface area contributed by atoms with E-state index in [0.717, 1.165) is 17.7 Å². The Morgan fingerprint density at radius 1 is 0.889 bits per heavy atom. The molecule has 2 aromatic carbocycles. The van der Waals surface area contributed by atoms with Gasteiger partial charge in [-0.3, -0.25) is 0 Å². The van der Waals surface area contributed by atoms with E-state index in [9.17, 15) is 13.2 Å². The molecule has 0 fully saturated rings. The van der Waals surface area contributed by atoms with E-state index in [1.807, 2.05) is 0 Å². The zero-order valence-corrected chi connectivity index (χ0v) is 9.66. The van der Waals surface area contributed by atoms with Crippen LogP contribution >= 0.6 is 0 Å². The summed E-state index contributed by atoms with van der Waals surface area (Å²) in [5, 5.41) is 0. The Hall–Kier alpha value is -1.97. The van der Waals surface area contributed by atoms with Gasteiger partial charge in [0.25, 0.3) is 0 Å². The molecule has 0 aliphatic carbocycles. The van der Waals surface area contributed by atoms with Crippen molar-refractivity contribution in [2.45, 2.75) is 6.18 Å². The first kappa shape index (κ1) is 12.5. The molecule has 0 atom stereocenters. The molecule has 0 N–H and O–H groups in total. The van der Waals surface area contributed by atoms with Crippen molar-refractivity contribution >= 4 is 0 Å². The van der Waals surface area contributed by atoms with Crippen LogP contribution in [0.3, 0.4) is 0 Å². The number of methoxy groups -OCH3 is 1. The van der Waals surface area contributed by atoms with E-state index in [1.165, 1.54) is 6.07 Å². The molecule has 0 spiro atoms. The van der Waals surface area contributed by atoms with Gasteiger partial charge in [-0.1, -0.05) is 24.3 Å². The first-order valence-corrected chi connectivity index (χ1v) is 5.32. The lowest BCUT2D eigenvalue weighted by Gasteiger charge is -2.09. The lowest BCUT2D eigenvalue weighted by molar-refractivity contribution is -0.137. The van der Waals surface area contributed by atoms with Gasteiger partial charge in [-0.15, -0.1) is 0 Å². The Morgan fingerprint density at radius 2 is 1.56 bits per heavy atom. The van der Waals surface area contributed by atoms with Crippen molar-refractivity contribution in [1.82, 2.24) is 0 Å². The van der Waals surface area contributed by atoms with Gasteiger partial charge in [-0.25, -0.2) is 0 Å². The summed E-state index contributed by atoms with van der Waals surface area (Å²) in [5.41, 5.74) is 0.616. The van der Waals surface area contributed by atoms with Crippen LogP contribution in [0.5, 0.6) is 5.75 Å². The van der Waals surface area contributed by atoms with Crippen LogP contribution in [-0.4, -0.2) is 7.11 Å². The first-order valence-electron chi connectivity index (χ1n) is 5.32. The van der Waals surface area contributed by atoms with Crippen LogP contribution in [0.4, 0.5) is 13.2 Å². The largest absolute Gasteiger partial charge is 0.497 e. The number of halogens is 3. The Labute approximate surface area is 103 Å². The molecule has 94 valence electrons. The fourth-order valence-electron chi connectivity index (χ4n) is 1.66. The van der Waals surface area contributed by atoms with E-state index < -0.39 is 11.7 Å². The van der Waals surface area contributed by atoms with Gasteiger partial charge in [0.15, 0.2) is 0 Å². The Bertz CT molecular complexity index is 529. The molecule has 0 bridgehead atoms. The molecule has 18 heavy (non-hydrogen) atoms. The molecule has 0 aliphatic heterocycles. The highest BCUT2D eigenvalue weighted by Crippen LogP contribution is 2.32. The summed E-state index contributed by atoms with van der Waals surface area (Å²) in [6.45, 7) is 0. The fraction of sp³-hybridized carbons (Fsp3) is 0.143. The summed E-state index contributed by atoms with van der Waals surface area (Å²) in [5.74, 6) is 0.672. The maximum absolute atomic E-state index is 12.6. The van der Waals surface area contributed by atoms with Crippen LogP contribution in [0.2, 0.25) is 0 Å². The maximum Gasteiger partial charge on any atom is 0.416 e. The summed E-state index contributed by atoms with van der Waals surface area (Å²) >= 11 is 0. The standard InChI is InChI=1S/C14H11F3O/c1-18-13-7-5-10(6-8-13)11-3-2-4-12(9-11)14(15,16)17/h2-9H,1H3. The zero-order valence-electron chi connectivity index (χ0n) is 9.66. The molecule has 0 unspecified atom stereocenters. The van der Waals surface area contributed by atoms with Crippen LogP contribution in [0.15, 0.2) is 48.5 Å². The van der Waals surface area contributed by atoms with Crippen molar-refractivity contribution in [3.8, 4) is 16.9 Å². The van der Waals surface area contributed by atoms with E-state index in [1.54, 1.807) is 37.4 Å². The third-order valence-corrected chi connectivity index (χ3v) is 2.61. The molecular weight excluding hydrogens is 241 g/mol. The number of benzene rings is 2. The molecule has 0 aromatic heterocycles. The van der Waals surface area contributed by atoms with E-state index in [-0.39, 0.29) is 0 Å². The van der Waals surface area contributed by atoms with Crippen molar-refractivity contribution in [3.05, 3.63) is 54.1 Å². The minimum atomic E-state index is -4.32. The Balaban J connectivity index is 2.38. The minimum Gasteiger partial charge on any atom is -0.497 e. The minimum absolute atomic E-state index is 0.535. The van der Waals surface area contributed by atoms with Crippen molar-refractivity contribution in [3.63, 3.8) is 0 Å². The predicted octanol–water partition coefficient (Wildman–Crippen LogP) is 4.38. The van der Waals surface area contributed by atoms with Gasteiger partial charge >= 0.3 is 6.18 Å². The third kappa shape index (κ3) is 2.64. The smallest absolute Gasteiger partial charge is 0.416 e. The van der Waals surface area contributed by atoms with Crippen molar-refractivity contribution in [1.29, 1.82) is 0 Å². The average molecular weight is 252 g/mol. The number of rotatable bonds is 2. The van der Waals surface area contributed by atoms with Crippen LogP contribution < -0.4 is 4.74 Å². The van der Waals surface area contributed by atoms with Crippen molar-refractivity contribution < 1.29 is 17.9 Å². The lowest BCUT2D eigenvalue weighted by Crippen LogP contribution is -2.04. The molecule has 0 radical (unpaired) electrons. The topological polar surface area (TPSA) is 9.23 Å². The van der Waals surface area contributed by atoms with E-state index in [0.29, 0.717) is 11.3 Å². The summed E-state index contributed by atoms with van der Waals surface area (Å²) in [7, 11) is 1.54. The van der Waals surface area contributed by atoms with E-state index >= 15 is 0 Å². The van der Waals surface area contributed by atoms with Gasteiger partial charge in [0, 0.05) is 0 Å². The van der Waals surface area contributed by atoms with Crippen LogP contribution in [0.25, 0.3) is 11.1 Å². The quantitative estimate of drug-likeness (QED) is 0.770. The molecule has 0 saturated heterocycles. The van der Waals surface area contributed by atoms with Crippen LogP contribution in [0, 0.1) is 0 Å². The van der Waals surface area contributed by atoms with Crippen molar-refractivity contribution in [2.75, 3.05) is 7.11 Å². The van der Waals surface area contributed by atoms with Gasteiger partial charge in [0.05, 0.1) is 12.7 Å². The number of hydrogen-bond donors (Lipinski definition) is 0. The molecule has 0 saturated carbocycles. The second-order valence-corrected chi connectivity index (χ2v) is 3.81. The van der Waals surface area contributed by atoms with E-state index in [4.69, 9.17) is 4.74 Å². The molecule has 2 aromatic rings. The van der Waals surface area contributed by atoms with Gasteiger partial charge in [0.2, 0.25) is 0 Å². The van der Waals surface area contributed by atoms with E-state index in [2.05, 4.69) is 0 Å². The molecule has 0 amide bonds. The molecule has 0 aliphatic rings. The highest BCUT2D eigenvalue weighted by molar-refractivity contribution is 5.65. The fourth-order valence-corrected chi connectivity index (χ4v) is 1.66. The Kier molecular flexibility index (Phi) is 3.28. The van der Waals surface area contributed by atoms with Gasteiger partial charge in [-0.05, 0) is 35.4 Å². The molecule has 4 heteroatoms. The van der Waals surface area contributed by atoms with Crippen molar-refractivity contribution in [2.24, 2.45) is 0 Å². The molecule has 0 heterocycles. The summed E-state index contributed by atoms with van der Waals surface area (Å²) in [6.07, 6.45) is -4.32. The first-order chi connectivity index (χ1) is 8.50. The lowest BCUT2D eigenvalue weighted by atomic mass is 10.0. The van der Waals surface area contributed by atoms with Gasteiger partial charge < -0.3 is 4.74 Å². The van der Waals surface area contributed by atoms with Crippen LogP contribution in [-0.2, 0) is 6.18 Å². The second kappa shape index (κ2) is 4.72. The highest BCUT2D eigenvalue weighted by atomic mass is 19.4. The van der Waals surface area contributed by atoms with Gasteiger partial charge in [0.1, 0.15) is 5.75 Å². The number of ether oxygens (including phenoxy) is 1. The van der Waals surface area contributed by atoms with Gasteiger partial charge in [-0.2, -0.15) is 13.2 Å². The maximum atomic E-state index is 12.6. The normalized spacial score (nSPS) is 11.3. The SMILES string of the molecule is COc1ccc(-c2cccc(C(F)(F)F)c2)cc1. The average Bonchev–Trinajstić information content (AvgIpc) is 2.38. The number of alkyl halides is 3. The Morgan fingerprint density at radius 3 is 2.11 bits per heavy atom. The zero-order chi connectivity index (χ0) is 13.2. The highest BCUT2D eigenvalue weighted by Gasteiger charge is 2.30. The molecule has 2 rings (SSSR count). The number of hydrogen-bond acceptors (Lipinski definition) is 1. The second-order valence-electron chi connectivity index (χ2n) is 3.81. The molecule has 1 nitrogen and oxygen atoms in total. The monoisotopic (exact) mass is 252 g/mol. The van der Waals surface area contributed by atoms with Crippen LogP contribution in [0.1, 0.15) is 5.56 Å². The third-order valence-electron chi connectivity index (χ3n) is 2.61. The summed E-state index contributed by atoms with van der Waals surface area (Å²) in [4.78, 5) is 0. The molecular formula is C14H11F3O. The predicted molar refractivity (Wildman–Crippen MR) is 63.4 cm³/mol. The summed E-state index contributed by atoms with van der Waals surface area (Å²) in [6, 6.07) is 12.2. The summed E-state index contributed by atoms with van der Waals surface area (Å²) < 4.78 is 42.7.